The van der Waals surface area contributed by atoms with Crippen molar-refractivity contribution >= 4 is 21.9 Å². The van der Waals surface area contributed by atoms with E-state index in [4.69, 9.17) is 4.74 Å². The van der Waals surface area contributed by atoms with Crippen LogP contribution in [0.15, 0.2) is 10.1 Å². The Morgan fingerprint density at radius 3 is 2.92 bits per heavy atom. The molecule has 0 spiro atoms. The molecule has 0 radical (unpaired) electrons. The van der Waals surface area contributed by atoms with Gasteiger partial charge >= 0.3 is 5.97 Å². The summed E-state index contributed by atoms with van der Waals surface area (Å²) in [6.45, 7) is 0. The molecular formula is C8H8BrFO3. The summed E-state index contributed by atoms with van der Waals surface area (Å²) in [5, 5.41) is 0. The summed E-state index contributed by atoms with van der Waals surface area (Å²) in [7, 11) is 1.30. The lowest BCUT2D eigenvalue weighted by atomic mass is 9.98. The van der Waals surface area contributed by atoms with Crippen LogP contribution in [0.1, 0.15) is 6.42 Å². The smallest absolute Gasteiger partial charge is 0.337 e. The minimum atomic E-state index is -1.01. The molecule has 5 heteroatoms. The third-order valence-electron chi connectivity index (χ3n) is 2.31. The van der Waals surface area contributed by atoms with Gasteiger partial charge in [-0.2, -0.15) is 0 Å². The molecule has 3 nitrogen and oxygen atoms in total. The molecule has 0 unspecified atom stereocenters. The summed E-state index contributed by atoms with van der Waals surface area (Å²) in [5.41, 5.74) is 0.432. The molecule has 2 aliphatic rings. The third kappa shape index (κ3) is 1.21. The molecule has 3 atom stereocenters. The summed E-state index contributed by atoms with van der Waals surface area (Å²) < 4.78 is 23.4. The van der Waals surface area contributed by atoms with E-state index in [0.29, 0.717) is 10.1 Å². The average molecular weight is 251 g/mol. The van der Waals surface area contributed by atoms with Crippen molar-refractivity contribution in [2.45, 2.75) is 24.8 Å². The molecule has 1 saturated heterocycles. The Morgan fingerprint density at radius 1 is 1.77 bits per heavy atom. The standard InChI is InChI=1S/C8H8BrFO3/c1-12-8(11)5-4-2-3(10)7(13-4)6(5)9/h3-4,7H,2H2,1H3/t3-,4-,7+/m1/s1. The largest absolute Gasteiger partial charge is 0.466 e. The summed E-state index contributed by atoms with van der Waals surface area (Å²) in [6, 6.07) is 0. The highest BCUT2D eigenvalue weighted by molar-refractivity contribution is 9.11. The van der Waals surface area contributed by atoms with Gasteiger partial charge in [0.15, 0.2) is 0 Å². The van der Waals surface area contributed by atoms with Gasteiger partial charge in [0.2, 0.25) is 0 Å². The van der Waals surface area contributed by atoms with E-state index in [0.717, 1.165) is 0 Å². The maximum absolute atomic E-state index is 13.1. The number of carbonyl (C=O) groups is 1. The van der Waals surface area contributed by atoms with Gasteiger partial charge in [-0.1, -0.05) is 15.9 Å². The van der Waals surface area contributed by atoms with Crippen LogP contribution in [0.3, 0.4) is 0 Å². The van der Waals surface area contributed by atoms with Crippen molar-refractivity contribution < 1.29 is 18.7 Å². The van der Waals surface area contributed by atoms with Crippen LogP contribution in [0.25, 0.3) is 0 Å². The van der Waals surface area contributed by atoms with Gasteiger partial charge in [0, 0.05) is 10.9 Å². The van der Waals surface area contributed by atoms with Gasteiger partial charge in [-0.25, -0.2) is 9.18 Å². The number of hydrogen-bond donors (Lipinski definition) is 0. The molecule has 0 aromatic rings. The molecular weight excluding hydrogens is 243 g/mol. The first-order valence-corrected chi connectivity index (χ1v) is 4.72. The maximum Gasteiger partial charge on any atom is 0.337 e. The number of esters is 1. The summed E-state index contributed by atoms with van der Waals surface area (Å²) in [5.74, 6) is -0.439. The van der Waals surface area contributed by atoms with Crippen molar-refractivity contribution in [2.75, 3.05) is 7.11 Å². The molecule has 13 heavy (non-hydrogen) atoms. The van der Waals surface area contributed by atoms with Crippen LogP contribution in [0.2, 0.25) is 0 Å². The highest BCUT2D eigenvalue weighted by Gasteiger charge is 2.49. The Balaban J connectivity index is 2.30. The normalized spacial score (nSPS) is 37.0. The van der Waals surface area contributed by atoms with Crippen molar-refractivity contribution in [1.29, 1.82) is 0 Å². The lowest BCUT2D eigenvalue weighted by molar-refractivity contribution is -0.137. The molecule has 2 bridgehead atoms. The van der Waals surface area contributed by atoms with Crippen LogP contribution >= 0.6 is 15.9 Å². The zero-order valence-electron chi connectivity index (χ0n) is 6.92. The Bertz CT molecular complexity index is 289. The summed E-state index contributed by atoms with van der Waals surface area (Å²) in [4.78, 5) is 11.2. The monoisotopic (exact) mass is 250 g/mol. The van der Waals surface area contributed by atoms with E-state index in [-0.39, 0.29) is 6.42 Å². The zero-order chi connectivity index (χ0) is 9.59. The summed E-state index contributed by atoms with van der Waals surface area (Å²) >= 11 is 3.16. The van der Waals surface area contributed by atoms with Gasteiger partial charge in [-0.3, -0.25) is 0 Å². The predicted octanol–water partition coefficient (Wildman–Crippen LogP) is 1.32. The Morgan fingerprint density at radius 2 is 2.46 bits per heavy atom. The molecule has 1 fully saturated rings. The van der Waals surface area contributed by atoms with Crippen molar-refractivity contribution in [3.05, 3.63) is 10.1 Å². The predicted molar refractivity (Wildman–Crippen MR) is 46.1 cm³/mol. The average Bonchev–Trinajstić information content (AvgIpc) is 2.59. The van der Waals surface area contributed by atoms with E-state index < -0.39 is 24.3 Å². The molecule has 2 heterocycles. The number of methoxy groups -OCH3 is 1. The van der Waals surface area contributed by atoms with E-state index in [2.05, 4.69) is 20.7 Å². The molecule has 72 valence electrons. The minimum Gasteiger partial charge on any atom is -0.466 e. The molecule has 0 saturated carbocycles. The maximum atomic E-state index is 13.1. The van der Waals surface area contributed by atoms with E-state index >= 15 is 0 Å². The highest BCUT2D eigenvalue weighted by atomic mass is 79.9. The second-order valence-electron chi connectivity index (χ2n) is 3.05. The molecule has 0 amide bonds. The number of alkyl halides is 1. The van der Waals surface area contributed by atoms with Gasteiger partial charge in [0.05, 0.1) is 18.8 Å². The van der Waals surface area contributed by atoms with E-state index in [1.807, 2.05) is 0 Å². The Kier molecular flexibility index (Phi) is 2.15. The van der Waals surface area contributed by atoms with E-state index in [1.165, 1.54) is 7.11 Å². The summed E-state index contributed by atoms with van der Waals surface area (Å²) in [6.07, 6.45) is -1.78. The van der Waals surface area contributed by atoms with Crippen LogP contribution in [0, 0.1) is 0 Å². The minimum absolute atomic E-state index is 0.254. The number of hydrogen-bond acceptors (Lipinski definition) is 3. The highest BCUT2D eigenvalue weighted by Crippen LogP contribution is 2.43. The van der Waals surface area contributed by atoms with Gasteiger partial charge in [0.25, 0.3) is 0 Å². The molecule has 0 aromatic carbocycles. The van der Waals surface area contributed by atoms with Crippen LogP contribution < -0.4 is 0 Å². The first-order chi connectivity index (χ1) is 6.15. The molecule has 0 aliphatic carbocycles. The molecule has 2 rings (SSSR count). The number of fused-ring (bicyclic) bond motifs is 2. The SMILES string of the molecule is COC(=O)C1=C(Br)[C@H]2O[C@@H]1C[C@H]2F. The quantitative estimate of drug-likeness (QED) is 0.659. The third-order valence-corrected chi connectivity index (χ3v) is 3.19. The zero-order valence-corrected chi connectivity index (χ0v) is 8.51. The first-order valence-electron chi connectivity index (χ1n) is 3.92. The fraction of sp³-hybridized carbons (Fsp3) is 0.625. The van der Waals surface area contributed by atoms with Crippen molar-refractivity contribution in [3.8, 4) is 0 Å². The van der Waals surface area contributed by atoms with Crippen LogP contribution in [0.4, 0.5) is 4.39 Å². The Labute approximate surface area is 83.0 Å². The van der Waals surface area contributed by atoms with Crippen molar-refractivity contribution in [1.82, 2.24) is 0 Å². The van der Waals surface area contributed by atoms with Crippen LogP contribution in [-0.4, -0.2) is 31.5 Å². The van der Waals surface area contributed by atoms with Gasteiger partial charge < -0.3 is 9.47 Å². The van der Waals surface area contributed by atoms with Crippen molar-refractivity contribution in [3.63, 3.8) is 0 Å². The van der Waals surface area contributed by atoms with E-state index in [1.54, 1.807) is 0 Å². The number of rotatable bonds is 1. The fourth-order valence-electron chi connectivity index (χ4n) is 1.70. The number of halogens is 2. The molecule has 0 aromatic heterocycles. The second kappa shape index (κ2) is 3.06. The van der Waals surface area contributed by atoms with Crippen LogP contribution in [0.5, 0.6) is 0 Å². The lowest BCUT2D eigenvalue weighted by Gasteiger charge is -2.13. The number of carbonyl (C=O) groups excluding carboxylic acids is 1. The molecule has 0 N–H and O–H groups in total. The van der Waals surface area contributed by atoms with Crippen LogP contribution in [-0.2, 0) is 14.3 Å². The first kappa shape index (κ1) is 9.15. The number of ether oxygens (including phenoxy) is 2. The van der Waals surface area contributed by atoms with Gasteiger partial charge in [-0.05, 0) is 0 Å². The van der Waals surface area contributed by atoms with E-state index in [9.17, 15) is 9.18 Å². The van der Waals surface area contributed by atoms with Gasteiger partial charge in [0.1, 0.15) is 12.3 Å². The topological polar surface area (TPSA) is 35.5 Å². The Hall–Kier alpha value is -0.420. The molecule has 2 aliphatic heterocycles. The van der Waals surface area contributed by atoms with Crippen molar-refractivity contribution in [2.24, 2.45) is 0 Å². The second-order valence-corrected chi connectivity index (χ2v) is 3.90. The van der Waals surface area contributed by atoms with Gasteiger partial charge in [-0.15, -0.1) is 0 Å². The fourth-order valence-corrected chi connectivity index (χ4v) is 2.51. The lowest BCUT2D eigenvalue weighted by Crippen LogP contribution is -2.22.